The molecule has 0 radical (unpaired) electrons. The summed E-state index contributed by atoms with van der Waals surface area (Å²) in [6.07, 6.45) is 1.12. The molecule has 16 heavy (non-hydrogen) atoms. The molecule has 0 aliphatic carbocycles. The smallest absolute Gasteiger partial charge is 0.328 e. The van der Waals surface area contributed by atoms with Gasteiger partial charge in [0, 0.05) is 19.7 Å². The standard InChI is InChI=1S/C12H14FNO2/c1-9(7-12(15)16)8-14(2)11-6-4-3-5-10(11)13/h3-7H,8H2,1-2H3,(H,15,16). The van der Waals surface area contributed by atoms with E-state index < -0.39 is 5.97 Å². The fraction of sp³-hybridized carbons (Fsp3) is 0.250. The first-order chi connectivity index (χ1) is 7.50. The van der Waals surface area contributed by atoms with Gasteiger partial charge in [-0.1, -0.05) is 12.1 Å². The summed E-state index contributed by atoms with van der Waals surface area (Å²) >= 11 is 0. The lowest BCUT2D eigenvalue weighted by molar-refractivity contribution is -0.131. The highest BCUT2D eigenvalue weighted by Gasteiger charge is 2.07. The summed E-state index contributed by atoms with van der Waals surface area (Å²) in [4.78, 5) is 12.1. The van der Waals surface area contributed by atoms with Gasteiger partial charge in [-0.3, -0.25) is 0 Å². The van der Waals surface area contributed by atoms with Crippen molar-refractivity contribution in [3.63, 3.8) is 0 Å². The van der Waals surface area contributed by atoms with Gasteiger partial charge in [-0.05, 0) is 24.6 Å². The van der Waals surface area contributed by atoms with E-state index in [4.69, 9.17) is 5.11 Å². The zero-order chi connectivity index (χ0) is 12.1. The van der Waals surface area contributed by atoms with Gasteiger partial charge in [0.1, 0.15) is 5.82 Å². The van der Waals surface area contributed by atoms with Crippen LogP contribution in [0.2, 0.25) is 0 Å². The molecule has 0 saturated carbocycles. The van der Waals surface area contributed by atoms with E-state index >= 15 is 0 Å². The van der Waals surface area contributed by atoms with Crippen molar-refractivity contribution in [1.29, 1.82) is 0 Å². The minimum absolute atomic E-state index is 0.312. The molecule has 0 atom stereocenters. The zero-order valence-corrected chi connectivity index (χ0v) is 9.27. The number of carbonyl (C=O) groups is 1. The van der Waals surface area contributed by atoms with Crippen LogP contribution in [-0.2, 0) is 4.79 Å². The molecular weight excluding hydrogens is 209 g/mol. The maximum absolute atomic E-state index is 13.4. The van der Waals surface area contributed by atoms with Crippen molar-refractivity contribution in [3.05, 3.63) is 41.7 Å². The minimum atomic E-state index is -0.987. The van der Waals surface area contributed by atoms with Crippen LogP contribution in [0.15, 0.2) is 35.9 Å². The van der Waals surface area contributed by atoms with Gasteiger partial charge in [-0.15, -0.1) is 0 Å². The third-order valence-corrected chi connectivity index (χ3v) is 2.12. The molecule has 0 aliphatic rings. The number of benzene rings is 1. The number of hydrogen-bond acceptors (Lipinski definition) is 2. The number of rotatable bonds is 4. The molecule has 1 aromatic rings. The van der Waals surface area contributed by atoms with Gasteiger partial charge in [0.2, 0.25) is 0 Å². The normalized spacial score (nSPS) is 11.3. The molecule has 0 saturated heterocycles. The molecule has 0 unspecified atom stereocenters. The molecular formula is C12H14FNO2. The SMILES string of the molecule is CC(=CC(=O)O)CN(C)c1ccccc1F. The van der Waals surface area contributed by atoms with Crippen LogP contribution < -0.4 is 4.90 Å². The zero-order valence-electron chi connectivity index (χ0n) is 9.27. The molecule has 0 fully saturated rings. The maximum Gasteiger partial charge on any atom is 0.328 e. The molecule has 1 rings (SSSR count). The largest absolute Gasteiger partial charge is 0.478 e. The molecule has 1 aromatic carbocycles. The summed E-state index contributed by atoms with van der Waals surface area (Å²) in [5.74, 6) is -1.30. The van der Waals surface area contributed by atoms with Crippen molar-refractivity contribution < 1.29 is 14.3 Å². The lowest BCUT2D eigenvalue weighted by Gasteiger charge is -2.19. The maximum atomic E-state index is 13.4. The van der Waals surface area contributed by atoms with Gasteiger partial charge in [0.05, 0.1) is 5.69 Å². The van der Waals surface area contributed by atoms with E-state index in [0.717, 1.165) is 6.08 Å². The third kappa shape index (κ3) is 3.38. The van der Waals surface area contributed by atoms with E-state index in [1.807, 2.05) is 0 Å². The van der Waals surface area contributed by atoms with Crippen LogP contribution in [0.5, 0.6) is 0 Å². The number of carboxylic acid groups (broad SMARTS) is 1. The summed E-state index contributed by atoms with van der Waals surface area (Å²) in [5.41, 5.74) is 1.12. The highest BCUT2D eigenvalue weighted by atomic mass is 19.1. The van der Waals surface area contributed by atoms with E-state index in [1.54, 1.807) is 37.1 Å². The van der Waals surface area contributed by atoms with Crippen LogP contribution in [0.1, 0.15) is 6.92 Å². The van der Waals surface area contributed by atoms with Crippen molar-refractivity contribution in [1.82, 2.24) is 0 Å². The molecule has 4 heteroatoms. The van der Waals surface area contributed by atoms with E-state index in [1.165, 1.54) is 6.07 Å². The average Bonchev–Trinajstić information content (AvgIpc) is 2.16. The predicted octanol–water partition coefficient (Wildman–Crippen LogP) is 2.29. The molecule has 3 nitrogen and oxygen atoms in total. The van der Waals surface area contributed by atoms with Gasteiger partial charge in [-0.2, -0.15) is 0 Å². The topological polar surface area (TPSA) is 40.5 Å². The van der Waals surface area contributed by atoms with Crippen LogP contribution in [0.4, 0.5) is 10.1 Å². The average molecular weight is 223 g/mol. The number of nitrogens with zero attached hydrogens (tertiary/aromatic N) is 1. The summed E-state index contributed by atoms with van der Waals surface area (Å²) in [6, 6.07) is 6.39. The fourth-order valence-corrected chi connectivity index (χ4v) is 1.48. The highest BCUT2D eigenvalue weighted by Crippen LogP contribution is 2.17. The van der Waals surface area contributed by atoms with Gasteiger partial charge in [-0.25, -0.2) is 9.18 Å². The second kappa shape index (κ2) is 5.30. The number of likely N-dealkylation sites (N-methyl/N-ethyl adjacent to an activating group) is 1. The lowest BCUT2D eigenvalue weighted by atomic mass is 10.2. The minimum Gasteiger partial charge on any atom is -0.478 e. The Balaban J connectivity index is 2.77. The Bertz CT molecular complexity index is 415. The Morgan fingerprint density at radius 2 is 2.12 bits per heavy atom. The van der Waals surface area contributed by atoms with Crippen molar-refractivity contribution in [2.75, 3.05) is 18.5 Å². The Hall–Kier alpha value is -1.84. The lowest BCUT2D eigenvalue weighted by Crippen LogP contribution is -2.20. The molecule has 0 spiro atoms. The number of halogens is 1. The summed E-state index contributed by atoms with van der Waals surface area (Å²) in [7, 11) is 1.72. The number of para-hydroxylation sites is 1. The van der Waals surface area contributed by atoms with Crippen molar-refractivity contribution in [2.24, 2.45) is 0 Å². The van der Waals surface area contributed by atoms with E-state index in [9.17, 15) is 9.18 Å². The second-order valence-electron chi connectivity index (χ2n) is 3.64. The molecule has 0 bridgehead atoms. The molecule has 0 aliphatic heterocycles. The first kappa shape index (κ1) is 12.2. The van der Waals surface area contributed by atoms with Gasteiger partial charge >= 0.3 is 5.97 Å². The first-order valence-electron chi connectivity index (χ1n) is 4.86. The van der Waals surface area contributed by atoms with Crippen LogP contribution in [0.25, 0.3) is 0 Å². The van der Waals surface area contributed by atoms with Crippen molar-refractivity contribution >= 4 is 11.7 Å². The summed E-state index contributed by atoms with van der Waals surface area (Å²) in [5, 5.41) is 8.55. The predicted molar refractivity (Wildman–Crippen MR) is 61.1 cm³/mol. The monoisotopic (exact) mass is 223 g/mol. The van der Waals surface area contributed by atoms with E-state index in [0.29, 0.717) is 17.8 Å². The van der Waals surface area contributed by atoms with Crippen molar-refractivity contribution in [2.45, 2.75) is 6.92 Å². The van der Waals surface area contributed by atoms with E-state index in [-0.39, 0.29) is 5.82 Å². The van der Waals surface area contributed by atoms with E-state index in [2.05, 4.69) is 0 Å². The number of carboxylic acids is 1. The molecule has 0 amide bonds. The Kier molecular flexibility index (Phi) is 4.05. The van der Waals surface area contributed by atoms with Gasteiger partial charge in [0.15, 0.2) is 0 Å². The van der Waals surface area contributed by atoms with Crippen molar-refractivity contribution in [3.8, 4) is 0 Å². The Labute approximate surface area is 93.8 Å². The summed E-state index contributed by atoms with van der Waals surface area (Å²) < 4.78 is 13.4. The van der Waals surface area contributed by atoms with Gasteiger partial charge in [0.25, 0.3) is 0 Å². The quantitative estimate of drug-likeness (QED) is 0.796. The molecule has 1 N–H and O–H groups in total. The van der Waals surface area contributed by atoms with Crippen LogP contribution in [-0.4, -0.2) is 24.7 Å². The molecule has 0 aromatic heterocycles. The van der Waals surface area contributed by atoms with Crippen LogP contribution in [0.3, 0.4) is 0 Å². The first-order valence-corrected chi connectivity index (χ1v) is 4.86. The fourth-order valence-electron chi connectivity index (χ4n) is 1.48. The van der Waals surface area contributed by atoms with Gasteiger partial charge < -0.3 is 10.0 Å². The number of anilines is 1. The highest BCUT2D eigenvalue weighted by molar-refractivity contribution is 5.80. The van der Waals surface area contributed by atoms with Crippen LogP contribution >= 0.6 is 0 Å². The molecule has 0 heterocycles. The molecule has 86 valence electrons. The number of hydrogen-bond donors (Lipinski definition) is 1. The second-order valence-corrected chi connectivity index (χ2v) is 3.64. The number of aliphatic carboxylic acids is 1. The third-order valence-electron chi connectivity index (χ3n) is 2.12. The summed E-state index contributed by atoms with van der Waals surface area (Å²) in [6.45, 7) is 2.08. The Morgan fingerprint density at radius 1 is 1.50 bits per heavy atom. The van der Waals surface area contributed by atoms with Crippen LogP contribution in [0, 0.1) is 5.82 Å². The Morgan fingerprint density at radius 3 is 2.69 bits per heavy atom.